The van der Waals surface area contributed by atoms with Gasteiger partial charge in [0.25, 0.3) is 0 Å². The topological polar surface area (TPSA) is 9.23 Å². The van der Waals surface area contributed by atoms with E-state index < -0.39 is 0 Å². The number of benzene rings is 2. The average Bonchev–Trinajstić information content (AvgIpc) is 3.01. The fourth-order valence-electron chi connectivity index (χ4n) is 2.82. The zero-order valence-corrected chi connectivity index (χ0v) is 14.5. The van der Waals surface area contributed by atoms with Crippen molar-refractivity contribution in [3.63, 3.8) is 0 Å². The van der Waals surface area contributed by atoms with Gasteiger partial charge < -0.3 is 4.74 Å². The van der Waals surface area contributed by atoms with Crippen molar-refractivity contribution in [2.45, 2.75) is 37.5 Å². The van der Waals surface area contributed by atoms with Gasteiger partial charge in [0.1, 0.15) is 17.3 Å². The van der Waals surface area contributed by atoms with Gasteiger partial charge in [-0.2, -0.15) is 0 Å². The molecule has 0 unspecified atom stereocenters. The van der Waals surface area contributed by atoms with Crippen molar-refractivity contribution >= 4 is 21.7 Å². The molecular weight excluding hydrogens is 320 g/mol. The van der Waals surface area contributed by atoms with Crippen molar-refractivity contribution in [3.05, 3.63) is 36.4 Å². The molecule has 114 valence electrons. The Labute approximate surface area is 141 Å². The molecule has 1 nitrogen and oxygen atoms in total. The van der Waals surface area contributed by atoms with Crippen LogP contribution in [0.1, 0.15) is 32.6 Å². The largest absolute Gasteiger partial charge is 0.493 e. The van der Waals surface area contributed by atoms with Gasteiger partial charge >= 0.3 is 0 Å². The van der Waals surface area contributed by atoms with E-state index in [1.54, 1.807) is 4.90 Å². The first-order valence-corrected chi connectivity index (χ1v) is 9.28. The summed E-state index contributed by atoms with van der Waals surface area (Å²) in [6, 6.07) is 13.3. The Morgan fingerprint density at radius 3 is 2.43 bits per heavy atom. The van der Waals surface area contributed by atoms with E-state index in [0.29, 0.717) is 10.9 Å². The fraction of sp³-hybridized carbons (Fsp3) is 0.444. The summed E-state index contributed by atoms with van der Waals surface area (Å²) in [5, 5.41) is 2.70. The summed E-state index contributed by atoms with van der Waals surface area (Å²) in [5.74, 6) is 3.81. The quantitative estimate of drug-likeness (QED) is 0.431. The molecule has 0 bridgehead atoms. The molecule has 0 amide bonds. The van der Waals surface area contributed by atoms with Gasteiger partial charge in [0, 0.05) is 38.7 Å². The molecule has 0 aromatic heterocycles. The fourth-order valence-corrected chi connectivity index (χ4v) is 5.32. The SMILES string of the molecule is CCCCOc1ccc([S+]2CCCC2)c2ccccc12.[Fe]. The second kappa shape index (κ2) is 8.12. The molecule has 0 aliphatic carbocycles. The normalized spacial score (nSPS) is 15.1. The number of hydrogen-bond donors (Lipinski definition) is 0. The van der Waals surface area contributed by atoms with Crippen LogP contribution in [0.15, 0.2) is 41.3 Å². The van der Waals surface area contributed by atoms with Crippen LogP contribution in [-0.2, 0) is 28.0 Å². The Balaban J connectivity index is 0.00000161. The Hall–Kier alpha value is -0.631. The molecule has 1 heterocycles. The number of rotatable bonds is 5. The summed E-state index contributed by atoms with van der Waals surface area (Å²) in [6.07, 6.45) is 5.10. The van der Waals surface area contributed by atoms with Gasteiger partial charge in [0.05, 0.1) is 6.61 Å². The molecule has 3 rings (SSSR count). The van der Waals surface area contributed by atoms with E-state index in [2.05, 4.69) is 43.3 Å². The van der Waals surface area contributed by atoms with Crippen LogP contribution >= 0.6 is 0 Å². The Kier molecular flexibility index (Phi) is 6.47. The zero-order valence-electron chi connectivity index (χ0n) is 12.6. The Morgan fingerprint density at radius 1 is 1.00 bits per heavy atom. The van der Waals surface area contributed by atoms with Crippen molar-refractivity contribution in [2.75, 3.05) is 18.1 Å². The summed E-state index contributed by atoms with van der Waals surface area (Å²) in [6.45, 7) is 3.03. The van der Waals surface area contributed by atoms with Gasteiger partial charge in [-0.15, -0.1) is 0 Å². The molecule has 1 fully saturated rings. The molecule has 2 aromatic rings. The summed E-state index contributed by atoms with van der Waals surface area (Å²) < 4.78 is 5.98. The predicted octanol–water partition coefficient (Wildman–Crippen LogP) is 4.79. The number of hydrogen-bond acceptors (Lipinski definition) is 1. The van der Waals surface area contributed by atoms with Crippen molar-refractivity contribution < 1.29 is 21.8 Å². The molecule has 0 spiro atoms. The van der Waals surface area contributed by atoms with E-state index in [1.165, 1.54) is 41.5 Å². The van der Waals surface area contributed by atoms with Gasteiger partial charge in [-0.05, 0) is 37.5 Å². The summed E-state index contributed by atoms with van der Waals surface area (Å²) in [5.41, 5.74) is 0. The second-order valence-corrected chi connectivity index (χ2v) is 7.66. The summed E-state index contributed by atoms with van der Waals surface area (Å²) in [7, 11) is 0.464. The van der Waals surface area contributed by atoms with Crippen molar-refractivity contribution in [1.29, 1.82) is 0 Å². The monoisotopic (exact) mass is 343 g/mol. The minimum absolute atomic E-state index is 0. The van der Waals surface area contributed by atoms with Gasteiger partial charge in [-0.1, -0.05) is 31.5 Å². The number of fused-ring (bicyclic) bond motifs is 1. The molecule has 0 radical (unpaired) electrons. The van der Waals surface area contributed by atoms with Gasteiger partial charge in [-0.25, -0.2) is 0 Å². The maximum atomic E-state index is 5.98. The van der Waals surface area contributed by atoms with Gasteiger partial charge in [-0.3, -0.25) is 0 Å². The van der Waals surface area contributed by atoms with Crippen molar-refractivity contribution in [2.24, 2.45) is 0 Å². The second-order valence-electron chi connectivity index (χ2n) is 5.42. The summed E-state index contributed by atoms with van der Waals surface area (Å²) in [4.78, 5) is 1.56. The van der Waals surface area contributed by atoms with E-state index in [1.807, 2.05) is 0 Å². The molecule has 1 aliphatic heterocycles. The summed E-state index contributed by atoms with van der Waals surface area (Å²) >= 11 is 0. The zero-order chi connectivity index (χ0) is 13.8. The van der Waals surface area contributed by atoms with E-state index in [0.717, 1.165) is 18.8 Å². The van der Waals surface area contributed by atoms with Crippen molar-refractivity contribution in [3.8, 4) is 5.75 Å². The van der Waals surface area contributed by atoms with Crippen LogP contribution < -0.4 is 4.74 Å². The Bertz CT molecular complexity index is 578. The number of unbranched alkanes of at least 4 members (excludes halogenated alkanes) is 1. The maximum Gasteiger partial charge on any atom is 0.162 e. The molecule has 21 heavy (non-hydrogen) atoms. The molecule has 3 heteroatoms. The minimum atomic E-state index is 0. The number of ether oxygens (including phenoxy) is 1. The molecule has 0 saturated carbocycles. The van der Waals surface area contributed by atoms with Crippen LogP contribution in [0.4, 0.5) is 0 Å². The van der Waals surface area contributed by atoms with Gasteiger partial charge in [0.2, 0.25) is 0 Å². The van der Waals surface area contributed by atoms with Crippen LogP contribution in [0, 0.1) is 0 Å². The van der Waals surface area contributed by atoms with Crippen LogP contribution in [-0.4, -0.2) is 18.1 Å². The van der Waals surface area contributed by atoms with Crippen LogP contribution in [0.3, 0.4) is 0 Å². The van der Waals surface area contributed by atoms with Crippen LogP contribution in [0.25, 0.3) is 10.8 Å². The van der Waals surface area contributed by atoms with E-state index in [4.69, 9.17) is 4.74 Å². The smallest absolute Gasteiger partial charge is 0.162 e. The maximum absolute atomic E-state index is 5.98. The standard InChI is InChI=1S/C18H23OS.Fe/c1-2-3-12-19-17-10-11-18(20-13-6-7-14-20)16-9-5-4-8-15(16)17;/h4-5,8-11H,2-3,6-7,12-14H2,1H3;/q+1;. The van der Waals surface area contributed by atoms with Crippen molar-refractivity contribution in [1.82, 2.24) is 0 Å². The third kappa shape index (κ3) is 3.77. The molecule has 0 N–H and O–H groups in total. The van der Waals surface area contributed by atoms with E-state index in [9.17, 15) is 0 Å². The minimum Gasteiger partial charge on any atom is -0.493 e. The molecule has 0 atom stereocenters. The molecular formula is C18H23FeOS+. The predicted molar refractivity (Wildman–Crippen MR) is 89.0 cm³/mol. The first-order chi connectivity index (χ1) is 9.90. The van der Waals surface area contributed by atoms with Crippen LogP contribution in [0.5, 0.6) is 5.75 Å². The van der Waals surface area contributed by atoms with Gasteiger partial charge in [0.15, 0.2) is 4.90 Å². The molecule has 1 aliphatic rings. The Morgan fingerprint density at radius 2 is 1.71 bits per heavy atom. The van der Waals surface area contributed by atoms with E-state index in [-0.39, 0.29) is 17.1 Å². The molecule has 1 saturated heterocycles. The van der Waals surface area contributed by atoms with Crippen LogP contribution in [0.2, 0.25) is 0 Å². The third-order valence-electron chi connectivity index (χ3n) is 3.94. The van der Waals surface area contributed by atoms with E-state index >= 15 is 0 Å². The molecule has 2 aromatic carbocycles. The third-order valence-corrected chi connectivity index (χ3v) is 6.48. The first-order valence-electron chi connectivity index (χ1n) is 7.72. The first kappa shape index (κ1) is 16.7. The average molecular weight is 343 g/mol.